The quantitative estimate of drug-likeness (QED) is 0.301. The van der Waals surface area contributed by atoms with Crippen LogP contribution in [-0.2, 0) is 5.75 Å². The lowest BCUT2D eigenvalue weighted by molar-refractivity contribution is 0.104. The lowest BCUT2D eigenvalue weighted by Gasteiger charge is -2.09. The number of carbonyl (C=O) groups excluding carboxylic acids is 1. The van der Waals surface area contributed by atoms with Crippen LogP contribution in [0.2, 0.25) is 0 Å². The molecule has 0 fully saturated rings. The van der Waals surface area contributed by atoms with E-state index in [0.29, 0.717) is 21.8 Å². The second kappa shape index (κ2) is 9.16. The maximum absolute atomic E-state index is 14.1. The van der Waals surface area contributed by atoms with E-state index in [1.807, 2.05) is 43.3 Å². The van der Waals surface area contributed by atoms with E-state index in [-0.39, 0.29) is 11.6 Å². The summed E-state index contributed by atoms with van der Waals surface area (Å²) in [5.41, 5.74) is 3.30. The summed E-state index contributed by atoms with van der Waals surface area (Å²) in [6, 6.07) is 21.9. The molecule has 136 valence electrons. The minimum atomic E-state index is -0.338. The maximum Gasteiger partial charge on any atom is 0.199 e. The van der Waals surface area contributed by atoms with E-state index in [0.717, 1.165) is 10.0 Å². The van der Waals surface area contributed by atoms with Gasteiger partial charge in [0.2, 0.25) is 0 Å². The number of halogens is 2. The Labute approximate surface area is 171 Å². The number of Topliss-reactive ketones (excluding diaryl/α,β-unsaturated/α-hetero) is 1. The van der Waals surface area contributed by atoms with E-state index in [9.17, 15) is 9.18 Å². The van der Waals surface area contributed by atoms with Gasteiger partial charge in [0.25, 0.3) is 0 Å². The summed E-state index contributed by atoms with van der Waals surface area (Å²) < 4.78 is 15.0. The Balaban J connectivity index is 1.90. The van der Waals surface area contributed by atoms with Gasteiger partial charge < -0.3 is 0 Å². The number of carbonyl (C=O) groups is 1. The molecule has 1 nitrogen and oxygen atoms in total. The average Bonchev–Trinajstić information content (AvgIpc) is 2.68. The Hall–Kier alpha value is -2.17. The topological polar surface area (TPSA) is 17.1 Å². The summed E-state index contributed by atoms with van der Waals surface area (Å²) in [6.07, 6.45) is 1.64. The largest absolute Gasteiger partial charge is 0.288 e. The first kappa shape index (κ1) is 19.6. The van der Waals surface area contributed by atoms with Crippen LogP contribution in [0.25, 0.3) is 6.08 Å². The molecular formula is C23H18BrFOS. The Morgan fingerprint density at radius 1 is 1.00 bits per heavy atom. The third kappa shape index (κ3) is 5.41. The van der Waals surface area contributed by atoms with Crippen molar-refractivity contribution < 1.29 is 9.18 Å². The zero-order valence-electron chi connectivity index (χ0n) is 14.8. The van der Waals surface area contributed by atoms with Gasteiger partial charge in [0.05, 0.1) is 4.91 Å². The molecule has 0 bridgehead atoms. The van der Waals surface area contributed by atoms with Crippen LogP contribution in [0.3, 0.4) is 0 Å². The highest BCUT2D eigenvalue weighted by molar-refractivity contribution is 9.10. The third-order valence-electron chi connectivity index (χ3n) is 4.04. The molecule has 27 heavy (non-hydrogen) atoms. The summed E-state index contributed by atoms with van der Waals surface area (Å²) in [5, 5.41) is 0. The molecule has 0 aliphatic carbocycles. The van der Waals surface area contributed by atoms with Crippen molar-refractivity contribution >= 4 is 39.6 Å². The lowest BCUT2D eigenvalue weighted by atomic mass is 10.1. The molecule has 0 aliphatic rings. The summed E-state index contributed by atoms with van der Waals surface area (Å²) >= 11 is 4.81. The summed E-state index contributed by atoms with van der Waals surface area (Å²) in [6.45, 7) is 2.04. The number of hydrogen-bond acceptors (Lipinski definition) is 2. The number of ketones is 1. The molecule has 3 aromatic rings. The molecule has 0 spiro atoms. The Kier molecular flexibility index (Phi) is 6.64. The minimum Gasteiger partial charge on any atom is -0.288 e. The molecule has 0 aromatic heterocycles. The molecule has 3 rings (SSSR count). The normalized spacial score (nSPS) is 11.4. The van der Waals surface area contributed by atoms with Crippen molar-refractivity contribution in [3.8, 4) is 0 Å². The molecule has 0 saturated carbocycles. The number of rotatable bonds is 6. The van der Waals surface area contributed by atoms with Gasteiger partial charge in [-0.25, -0.2) is 4.39 Å². The van der Waals surface area contributed by atoms with Crippen LogP contribution in [0.1, 0.15) is 27.0 Å². The number of allylic oxidation sites excluding steroid dienone is 1. The van der Waals surface area contributed by atoms with E-state index >= 15 is 0 Å². The molecule has 0 saturated heterocycles. The average molecular weight is 441 g/mol. The predicted molar refractivity (Wildman–Crippen MR) is 115 cm³/mol. The summed E-state index contributed by atoms with van der Waals surface area (Å²) in [4.78, 5) is 13.5. The molecule has 0 atom stereocenters. The zero-order valence-corrected chi connectivity index (χ0v) is 17.2. The Morgan fingerprint density at radius 3 is 2.33 bits per heavy atom. The number of thioether (sulfide) groups is 1. The summed E-state index contributed by atoms with van der Waals surface area (Å²) in [5.74, 6) is 0.195. The van der Waals surface area contributed by atoms with E-state index in [1.165, 1.54) is 23.4 Å². The van der Waals surface area contributed by atoms with Crippen molar-refractivity contribution in [3.63, 3.8) is 0 Å². The van der Waals surface area contributed by atoms with Crippen molar-refractivity contribution in [1.29, 1.82) is 0 Å². The highest BCUT2D eigenvalue weighted by atomic mass is 79.9. The van der Waals surface area contributed by atoms with Gasteiger partial charge in [-0.1, -0.05) is 64.0 Å². The number of benzene rings is 3. The fraction of sp³-hybridized carbons (Fsp3) is 0.0870. The molecule has 0 radical (unpaired) electrons. The van der Waals surface area contributed by atoms with Crippen molar-refractivity contribution in [2.45, 2.75) is 12.7 Å². The molecule has 0 N–H and O–H groups in total. The zero-order chi connectivity index (χ0) is 19.2. The van der Waals surface area contributed by atoms with Gasteiger partial charge in [-0.05, 0) is 48.9 Å². The summed E-state index contributed by atoms with van der Waals surface area (Å²) in [7, 11) is 0. The maximum atomic E-state index is 14.1. The van der Waals surface area contributed by atoms with Crippen LogP contribution >= 0.6 is 27.7 Å². The highest BCUT2D eigenvalue weighted by Crippen LogP contribution is 2.28. The lowest BCUT2D eigenvalue weighted by Crippen LogP contribution is -2.02. The fourth-order valence-electron chi connectivity index (χ4n) is 2.50. The fourth-order valence-corrected chi connectivity index (χ4v) is 3.73. The van der Waals surface area contributed by atoms with Crippen molar-refractivity contribution in [3.05, 3.63) is 110 Å². The highest BCUT2D eigenvalue weighted by Gasteiger charge is 2.14. The molecule has 4 heteroatoms. The number of aryl methyl sites for hydroxylation is 1. The SMILES string of the molecule is Cc1ccc(CSC(=Cc2ccccc2F)C(=O)c2ccc(Br)cc2)cc1. The molecule has 3 aromatic carbocycles. The van der Waals surface area contributed by atoms with Crippen molar-refractivity contribution in [2.24, 2.45) is 0 Å². The van der Waals surface area contributed by atoms with Gasteiger partial charge >= 0.3 is 0 Å². The first-order valence-electron chi connectivity index (χ1n) is 8.48. The van der Waals surface area contributed by atoms with Gasteiger partial charge in [0.15, 0.2) is 5.78 Å². The van der Waals surface area contributed by atoms with Crippen LogP contribution in [0, 0.1) is 12.7 Å². The smallest absolute Gasteiger partial charge is 0.199 e. The van der Waals surface area contributed by atoms with E-state index in [2.05, 4.69) is 15.9 Å². The van der Waals surface area contributed by atoms with Crippen molar-refractivity contribution in [1.82, 2.24) is 0 Å². The van der Waals surface area contributed by atoms with Crippen LogP contribution in [-0.4, -0.2) is 5.78 Å². The monoisotopic (exact) mass is 440 g/mol. The second-order valence-electron chi connectivity index (χ2n) is 6.14. The molecule has 0 aliphatic heterocycles. The van der Waals surface area contributed by atoms with E-state index < -0.39 is 0 Å². The van der Waals surface area contributed by atoms with Gasteiger partial charge in [0, 0.05) is 21.4 Å². The van der Waals surface area contributed by atoms with Gasteiger partial charge in [-0.2, -0.15) is 0 Å². The first-order valence-corrected chi connectivity index (χ1v) is 10.3. The van der Waals surface area contributed by atoms with Crippen LogP contribution in [0.15, 0.2) is 82.2 Å². The minimum absolute atomic E-state index is 0.108. The third-order valence-corrected chi connectivity index (χ3v) is 5.66. The Morgan fingerprint density at radius 2 is 1.67 bits per heavy atom. The van der Waals surface area contributed by atoms with Crippen molar-refractivity contribution in [2.75, 3.05) is 0 Å². The molecule has 0 heterocycles. The van der Waals surface area contributed by atoms with Crippen LogP contribution < -0.4 is 0 Å². The first-order chi connectivity index (χ1) is 13.0. The molecule has 0 unspecified atom stereocenters. The van der Waals surface area contributed by atoms with E-state index in [1.54, 1.807) is 36.4 Å². The van der Waals surface area contributed by atoms with Crippen LogP contribution in [0.4, 0.5) is 4.39 Å². The second-order valence-corrected chi connectivity index (χ2v) is 8.07. The molecule has 0 amide bonds. The van der Waals surface area contributed by atoms with E-state index in [4.69, 9.17) is 0 Å². The Bertz CT molecular complexity index is 962. The standard InChI is InChI=1S/C23H18BrFOS/c1-16-6-8-17(9-7-16)15-27-22(14-19-4-2-3-5-21(19)25)23(26)18-10-12-20(24)13-11-18/h2-14H,15H2,1H3. The predicted octanol–water partition coefficient (Wildman–Crippen LogP) is 7.05. The van der Waals surface area contributed by atoms with Gasteiger partial charge in [-0.15, -0.1) is 11.8 Å². The molecular weight excluding hydrogens is 423 g/mol. The van der Waals surface area contributed by atoms with Gasteiger partial charge in [0.1, 0.15) is 5.82 Å². The van der Waals surface area contributed by atoms with Gasteiger partial charge in [-0.3, -0.25) is 4.79 Å². The van der Waals surface area contributed by atoms with Crippen LogP contribution in [0.5, 0.6) is 0 Å². The number of hydrogen-bond donors (Lipinski definition) is 0.